The van der Waals surface area contributed by atoms with Crippen molar-refractivity contribution < 1.29 is 14.3 Å². The Hall–Kier alpha value is -2.80. The number of rotatable bonds is 7. The third-order valence-corrected chi connectivity index (χ3v) is 6.77. The third kappa shape index (κ3) is 4.13. The molecule has 2 aromatic rings. The second kappa shape index (κ2) is 9.77. The highest BCUT2D eigenvalue weighted by atomic mass is 16.5. The molecule has 2 heterocycles. The number of ether oxygens (including phenoxy) is 2. The molecule has 1 saturated carbocycles. The van der Waals surface area contributed by atoms with Crippen LogP contribution in [-0.2, 0) is 11.2 Å². The topological polar surface area (TPSA) is 87.0 Å². The maximum absolute atomic E-state index is 12.7. The van der Waals surface area contributed by atoms with Gasteiger partial charge in [-0.1, -0.05) is 26.2 Å². The van der Waals surface area contributed by atoms with E-state index in [4.69, 9.17) is 9.47 Å². The summed E-state index contributed by atoms with van der Waals surface area (Å²) in [6.45, 7) is 3.34. The fourth-order valence-electron chi connectivity index (χ4n) is 5.20. The number of aromatic nitrogens is 1. The van der Waals surface area contributed by atoms with Crippen LogP contribution in [0, 0.1) is 4.91 Å². The van der Waals surface area contributed by atoms with Crippen molar-refractivity contribution in [1.29, 1.82) is 0 Å². The van der Waals surface area contributed by atoms with E-state index in [1.807, 2.05) is 0 Å². The Kier molecular flexibility index (Phi) is 6.84. The molecule has 7 heteroatoms. The fourth-order valence-corrected chi connectivity index (χ4v) is 5.20. The Labute approximate surface area is 187 Å². The first-order valence-electron chi connectivity index (χ1n) is 11.5. The van der Waals surface area contributed by atoms with Gasteiger partial charge in [0.05, 0.1) is 12.3 Å². The number of hydrogen-bond donors (Lipinski definition) is 0. The molecule has 170 valence electrons. The molecule has 0 spiro atoms. The number of benzene rings is 1. The monoisotopic (exact) mass is 438 g/mol. The van der Waals surface area contributed by atoms with E-state index in [0.29, 0.717) is 13.2 Å². The van der Waals surface area contributed by atoms with E-state index in [1.165, 1.54) is 11.6 Å². The molecule has 1 aliphatic heterocycles. The van der Waals surface area contributed by atoms with Gasteiger partial charge in [0, 0.05) is 55.1 Å². The number of amides is 1. The van der Waals surface area contributed by atoms with Gasteiger partial charge in [0.1, 0.15) is 11.3 Å². The van der Waals surface area contributed by atoms with Gasteiger partial charge in [-0.15, -0.1) is 4.91 Å². The van der Waals surface area contributed by atoms with Crippen LogP contribution in [-0.4, -0.2) is 30.8 Å². The lowest BCUT2D eigenvalue weighted by atomic mass is 9.79. The Bertz CT molecular complexity index is 1070. The van der Waals surface area contributed by atoms with Crippen molar-refractivity contribution in [3.05, 3.63) is 56.2 Å². The summed E-state index contributed by atoms with van der Waals surface area (Å²) in [5.74, 6) is 0.162. The van der Waals surface area contributed by atoms with E-state index in [0.717, 1.165) is 67.5 Å². The summed E-state index contributed by atoms with van der Waals surface area (Å²) < 4.78 is 13.3. The Morgan fingerprint density at radius 3 is 2.72 bits per heavy atom. The molecule has 1 unspecified atom stereocenters. The Balaban J connectivity index is 1.86. The van der Waals surface area contributed by atoms with E-state index >= 15 is 0 Å². The highest BCUT2D eigenvalue weighted by Crippen LogP contribution is 2.49. The van der Waals surface area contributed by atoms with Crippen LogP contribution in [0.1, 0.15) is 78.9 Å². The number of hydrogen-bond acceptors (Lipinski definition) is 5. The first-order chi connectivity index (χ1) is 15.6. The predicted molar refractivity (Wildman–Crippen MR) is 122 cm³/mol. The molecule has 7 nitrogen and oxygen atoms in total. The van der Waals surface area contributed by atoms with Gasteiger partial charge in [0.25, 0.3) is 0 Å². The standard InChI is InChI=1S/C25H30N2O5/c1-3-16-12-19-18(13-24(16)32-11-7-10-31-2)17-8-5-4-6-9-21(17)27-15-20(25(29)26-30)23(28)14-22(19)27/h12-15,17,21H,3-11H2,1-2H3/t17?,21-/m0/s1. The van der Waals surface area contributed by atoms with Gasteiger partial charge in [-0.05, 0) is 42.5 Å². The lowest BCUT2D eigenvalue weighted by Crippen LogP contribution is -2.28. The molecule has 2 aliphatic rings. The maximum Gasteiger partial charge on any atom is 0.322 e. The molecule has 4 rings (SSSR count). The van der Waals surface area contributed by atoms with Gasteiger partial charge >= 0.3 is 5.91 Å². The molecule has 1 aliphatic carbocycles. The van der Waals surface area contributed by atoms with Gasteiger partial charge in [0.2, 0.25) is 0 Å². The van der Waals surface area contributed by atoms with E-state index in [-0.39, 0.29) is 17.5 Å². The number of carbonyl (C=O) groups is 1. The van der Waals surface area contributed by atoms with Crippen molar-refractivity contribution in [3.8, 4) is 17.0 Å². The van der Waals surface area contributed by atoms with Crippen LogP contribution >= 0.6 is 0 Å². The molecule has 2 atom stereocenters. The largest absolute Gasteiger partial charge is 0.493 e. The van der Waals surface area contributed by atoms with Crippen LogP contribution in [0.5, 0.6) is 5.75 Å². The molecule has 0 bridgehead atoms. The molecule has 0 N–H and O–H groups in total. The zero-order valence-corrected chi connectivity index (χ0v) is 18.8. The number of carbonyl (C=O) groups excluding carboxylic acids is 1. The SMILES string of the molecule is CCc1cc2c(cc1OCCCOC)C1CCCCC[C@@H]1n1cc(C(=O)N=O)c(=O)cc1-2. The predicted octanol–water partition coefficient (Wildman–Crippen LogP) is 5.00. The Morgan fingerprint density at radius 1 is 1.16 bits per heavy atom. The van der Waals surface area contributed by atoms with Gasteiger partial charge in [0.15, 0.2) is 5.43 Å². The highest BCUT2D eigenvalue weighted by Gasteiger charge is 2.35. The summed E-state index contributed by atoms with van der Waals surface area (Å²) in [5.41, 5.74) is 3.51. The summed E-state index contributed by atoms with van der Waals surface area (Å²) in [4.78, 5) is 35.5. The molecule has 0 radical (unpaired) electrons. The molecular weight excluding hydrogens is 408 g/mol. The summed E-state index contributed by atoms with van der Waals surface area (Å²) in [7, 11) is 1.69. The quantitative estimate of drug-likeness (QED) is 0.448. The second-order valence-corrected chi connectivity index (χ2v) is 8.65. The van der Waals surface area contributed by atoms with Crippen LogP contribution < -0.4 is 10.2 Å². The highest BCUT2D eigenvalue weighted by molar-refractivity contribution is 5.94. The molecule has 1 aromatic heterocycles. The minimum Gasteiger partial charge on any atom is -0.493 e. The van der Waals surface area contributed by atoms with Crippen molar-refractivity contribution in [2.45, 2.75) is 63.8 Å². The summed E-state index contributed by atoms with van der Waals surface area (Å²) in [6, 6.07) is 5.93. The zero-order chi connectivity index (χ0) is 22.7. The van der Waals surface area contributed by atoms with E-state index in [9.17, 15) is 14.5 Å². The number of nitroso groups, excluding NO2 is 1. The van der Waals surface area contributed by atoms with Gasteiger partial charge in [-0.2, -0.15) is 0 Å². The molecular formula is C25H30N2O5. The second-order valence-electron chi connectivity index (χ2n) is 8.65. The maximum atomic E-state index is 12.7. The van der Waals surface area contributed by atoms with Crippen molar-refractivity contribution in [2.75, 3.05) is 20.3 Å². The van der Waals surface area contributed by atoms with Gasteiger partial charge in [-0.25, -0.2) is 0 Å². The van der Waals surface area contributed by atoms with E-state index < -0.39 is 11.3 Å². The lowest BCUT2D eigenvalue weighted by molar-refractivity contribution is 0.0998. The van der Waals surface area contributed by atoms with Gasteiger partial charge in [-0.3, -0.25) is 9.59 Å². The van der Waals surface area contributed by atoms with Crippen LogP contribution in [0.25, 0.3) is 11.3 Å². The lowest BCUT2D eigenvalue weighted by Gasteiger charge is -2.37. The molecule has 1 amide bonds. The number of methoxy groups -OCH3 is 1. The number of fused-ring (bicyclic) bond motifs is 6. The summed E-state index contributed by atoms with van der Waals surface area (Å²) in [5, 5.41) is 2.49. The smallest absolute Gasteiger partial charge is 0.322 e. The number of nitrogens with zero attached hydrogens (tertiary/aromatic N) is 2. The fraction of sp³-hybridized carbons (Fsp3) is 0.520. The minimum atomic E-state index is -1.00. The molecule has 32 heavy (non-hydrogen) atoms. The number of pyridine rings is 1. The minimum absolute atomic E-state index is 0.132. The van der Waals surface area contributed by atoms with Crippen molar-refractivity contribution in [2.24, 2.45) is 5.18 Å². The van der Waals surface area contributed by atoms with E-state index in [1.54, 1.807) is 13.3 Å². The average Bonchev–Trinajstić information content (AvgIpc) is 3.07. The molecule has 1 aromatic carbocycles. The molecule has 1 fully saturated rings. The number of aryl methyl sites for hydroxylation is 1. The van der Waals surface area contributed by atoms with Crippen LogP contribution in [0.3, 0.4) is 0 Å². The summed E-state index contributed by atoms with van der Waals surface area (Å²) in [6.07, 6.45) is 8.57. The normalized spacial score (nSPS) is 19.3. The Morgan fingerprint density at radius 2 is 1.97 bits per heavy atom. The zero-order valence-electron chi connectivity index (χ0n) is 18.8. The summed E-state index contributed by atoms with van der Waals surface area (Å²) >= 11 is 0. The van der Waals surface area contributed by atoms with Crippen molar-refractivity contribution in [1.82, 2.24) is 4.57 Å². The first kappa shape index (κ1) is 22.4. The average molecular weight is 439 g/mol. The third-order valence-electron chi connectivity index (χ3n) is 6.77. The first-order valence-corrected chi connectivity index (χ1v) is 11.5. The van der Waals surface area contributed by atoms with Crippen molar-refractivity contribution in [3.63, 3.8) is 0 Å². The van der Waals surface area contributed by atoms with E-state index in [2.05, 4.69) is 28.8 Å². The van der Waals surface area contributed by atoms with Crippen molar-refractivity contribution >= 4 is 5.91 Å². The molecule has 0 saturated heterocycles. The van der Waals surface area contributed by atoms with Gasteiger partial charge < -0.3 is 14.0 Å². The van der Waals surface area contributed by atoms with Crippen LogP contribution in [0.15, 0.2) is 34.4 Å². The van der Waals surface area contributed by atoms with Crippen LogP contribution in [0.4, 0.5) is 0 Å². The van der Waals surface area contributed by atoms with Crippen LogP contribution in [0.2, 0.25) is 0 Å².